The van der Waals surface area contributed by atoms with Gasteiger partial charge in [0.25, 0.3) is 11.5 Å². The number of para-hydroxylation sites is 1. The number of hydrogen-bond donors (Lipinski definition) is 0. The third-order valence-corrected chi connectivity index (χ3v) is 7.81. The molecule has 174 valence electrons. The van der Waals surface area contributed by atoms with E-state index in [9.17, 15) is 14.4 Å². The number of rotatable bonds is 5. The van der Waals surface area contributed by atoms with Gasteiger partial charge in [-0.15, -0.1) is 11.3 Å². The molecule has 10 heteroatoms. The largest absolute Gasteiger partial charge is 0.460 e. The molecular weight excluding hydrogens is 474 g/mol. The second-order valence-electron chi connectivity index (χ2n) is 7.80. The van der Waals surface area contributed by atoms with Crippen molar-refractivity contribution in [3.8, 4) is 0 Å². The number of thiazole rings is 1. The first-order valence-corrected chi connectivity index (χ1v) is 12.3. The van der Waals surface area contributed by atoms with Crippen molar-refractivity contribution in [2.75, 3.05) is 32.3 Å². The lowest BCUT2D eigenvalue weighted by atomic mass is 10.0. The lowest BCUT2D eigenvalue weighted by molar-refractivity contribution is -0.140. The second kappa shape index (κ2) is 8.79. The number of aromatic nitrogens is 1. The molecule has 34 heavy (non-hydrogen) atoms. The van der Waals surface area contributed by atoms with E-state index >= 15 is 0 Å². The van der Waals surface area contributed by atoms with Gasteiger partial charge in [-0.05, 0) is 24.4 Å². The molecule has 2 aliphatic rings. The fourth-order valence-corrected chi connectivity index (χ4v) is 6.19. The summed E-state index contributed by atoms with van der Waals surface area (Å²) in [6.07, 6.45) is 0. The van der Waals surface area contributed by atoms with Gasteiger partial charge in [0.15, 0.2) is 4.80 Å². The number of esters is 1. The molecule has 4 heterocycles. The van der Waals surface area contributed by atoms with Crippen LogP contribution in [0.4, 0.5) is 5.69 Å². The fourth-order valence-electron chi connectivity index (χ4n) is 4.23. The van der Waals surface area contributed by atoms with Gasteiger partial charge < -0.3 is 14.4 Å². The SMILES string of the molecule is COCCOC(=O)C1=C(C)N=c2s/c(=C3\C(=O)N(C)c4ccccc43)c(=O)n2[C@H]1c1cccs1. The molecule has 3 aromatic rings. The number of likely N-dealkylation sites (N-methyl/N-ethyl adjacent to an activating group) is 1. The standard InChI is InChI=1S/C24H21N3O5S2/c1-13-17(23(30)32-11-10-31-3)19(16-9-6-12-33-16)27-22(29)20(34-24(27)25-13)18-14-7-4-5-8-15(14)26(2)21(18)28/h4-9,12,19H,10-11H2,1-3H3/b20-18-/t19-/m0/s1. The van der Waals surface area contributed by atoms with E-state index in [4.69, 9.17) is 9.47 Å². The van der Waals surface area contributed by atoms with Crippen LogP contribution in [0, 0.1) is 0 Å². The maximum atomic E-state index is 13.8. The van der Waals surface area contributed by atoms with E-state index in [0.717, 1.165) is 10.6 Å². The van der Waals surface area contributed by atoms with Gasteiger partial charge in [-0.25, -0.2) is 9.79 Å². The summed E-state index contributed by atoms with van der Waals surface area (Å²) >= 11 is 2.61. The summed E-state index contributed by atoms with van der Waals surface area (Å²) in [5.41, 5.74) is 2.25. The molecular formula is C24H21N3O5S2. The normalized spacial score (nSPS) is 18.6. The Labute approximate surface area is 202 Å². The average molecular weight is 496 g/mol. The number of hydrogen-bond acceptors (Lipinski definition) is 8. The van der Waals surface area contributed by atoms with E-state index in [2.05, 4.69) is 4.99 Å². The molecule has 0 saturated carbocycles. The minimum absolute atomic E-state index is 0.0927. The van der Waals surface area contributed by atoms with Gasteiger partial charge >= 0.3 is 5.97 Å². The van der Waals surface area contributed by atoms with Crippen molar-refractivity contribution in [2.45, 2.75) is 13.0 Å². The predicted octanol–water partition coefficient (Wildman–Crippen LogP) is 1.83. The molecule has 1 aromatic carbocycles. The number of carbonyl (C=O) groups excluding carboxylic acids is 2. The van der Waals surface area contributed by atoms with Crippen molar-refractivity contribution in [1.82, 2.24) is 4.57 Å². The van der Waals surface area contributed by atoms with Crippen LogP contribution in [0.25, 0.3) is 5.57 Å². The Morgan fingerprint density at radius 1 is 1.15 bits per heavy atom. The highest BCUT2D eigenvalue weighted by Crippen LogP contribution is 2.35. The number of allylic oxidation sites excluding steroid dienone is 1. The van der Waals surface area contributed by atoms with Crippen molar-refractivity contribution in [2.24, 2.45) is 4.99 Å². The van der Waals surface area contributed by atoms with Gasteiger partial charge in [-0.3, -0.25) is 14.2 Å². The highest BCUT2D eigenvalue weighted by molar-refractivity contribution is 7.10. The zero-order valence-electron chi connectivity index (χ0n) is 18.7. The predicted molar refractivity (Wildman–Crippen MR) is 130 cm³/mol. The first kappa shape index (κ1) is 22.5. The Hall–Kier alpha value is -3.34. The maximum Gasteiger partial charge on any atom is 0.338 e. The number of thiophene rings is 1. The van der Waals surface area contributed by atoms with Gasteiger partial charge in [0.05, 0.1) is 29.1 Å². The van der Waals surface area contributed by atoms with Crippen molar-refractivity contribution in [1.29, 1.82) is 0 Å². The highest BCUT2D eigenvalue weighted by Gasteiger charge is 2.36. The summed E-state index contributed by atoms with van der Waals surface area (Å²) in [5, 5.41) is 1.89. The van der Waals surface area contributed by atoms with Crippen molar-refractivity contribution < 1.29 is 19.1 Å². The number of benzene rings is 1. The fraction of sp³-hybridized carbons (Fsp3) is 0.250. The first-order valence-electron chi connectivity index (χ1n) is 10.6. The molecule has 5 rings (SSSR count). The summed E-state index contributed by atoms with van der Waals surface area (Å²) in [7, 11) is 3.22. The van der Waals surface area contributed by atoms with E-state index in [1.807, 2.05) is 41.8 Å². The molecule has 0 fully saturated rings. The molecule has 2 aliphatic heterocycles. The number of ether oxygens (including phenoxy) is 2. The minimum Gasteiger partial charge on any atom is -0.460 e. The topological polar surface area (TPSA) is 90.2 Å². The van der Waals surface area contributed by atoms with Gasteiger partial charge in [-0.2, -0.15) is 0 Å². The van der Waals surface area contributed by atoms with Crippen molar-refractivity contribution in [3.63, 3.8) is 0 Å². The molecule has 1 atom stereocenters. The Morgan fingerprint density at radius 3 is 2.68 bits per heavy atom. The Morgan fingerprint density at radius 2 is 1.94 bits per heavy atom. The second-order valence-corrected chi connectivity index (χ2v) is 9.76. The average Bonchev–Trinajstić information content (AvgIpc) is 3.52. The molecule has 1 amide bonds. The molecule has 0 spiro atoms. The number of methoxy groups -OCH3 is 1. The van der Waals surface area contributed by atoms with E-state index in [1.54, 1.807) is 18.9 Å². The Balaban J connectivity index is 1.74. The third-order valence-electron chi connectivity index (χ3n) is 5.83. The highest BCUT2D eigenvalue weighted by atomic mass is 32.1. The summed E-state index contributed by atoms with van der Waals surface area (Å²) in [4.78, 5) is 47.4. The zero-order chi connectivity index (χ0) is 24.0. The molecule has 0 saturated heterocycles. The number of fused-ring (bicyclic) bond motifs is 2. The monoisotopic (exact) mass is 495 g/mol. The Kier molecular flexibility index (Phi) is 5.80. The molecule has 2 aromatic heterocycles. The lowest BCUT2D eigenvalue weighted by Crippen LogP contribution is -2.40. The number of anilines is 1. The molecule has 8 nitrogen and oxygen atoms in total. The minimum atomic E-state index is -0.690. The molecule has 0 aliphatic carbocycles. The zero-order valence-corrected chi connectivity index (χ0v) is 20.4. The van der Waals surface area contributed by atoms with E-state index in [1.165, 1.54) is 34.4 Å². The smallest absolute Gasteiger partial charge is 0.338 e. The number of nitrogens with zero attached hydrogens (tertiary/aromatic N) is 3. The van der Waals surface area contributed by atoms with Gasteiger partial charge in [0, 0.05) is 24.6 Å². The van der Waals surface area contributed by atoms with Crippen LogP contribution in [0.1, 0.15) is 23.4 Å². The molecule has 0 bridgehead atoms. The van der Waals surface area contributed by atoms with E-state index in [0.29, 0.717) is 31.7 Å². The Bertz CT molecular complexity index is 1510. The summed E-state index contributed by atoms with van der Waals surface area (Å²) < 4.78 is 12.2. The number of amides is 1. The molecule has 0 unspecified atom stereocenters. The van der Waals surface area contributed by atoms with Crippen LogP contribution in [0.2, 0.25) is 0 Å². The summed E-state index contributed by atoms with van der Waals surface area (Å²) in [6, 6.07) is 10.4. The summed E-state index contributed by atoms with van der Waals surface area (Å²) in [6.45, 7) is 2.09. The van der Waals surface area contributed by atoms with Crippen LogP contribution in [0.15, 0.2) is 62.8 Å². The van der Waals surface area contributed by atoms with Crippen LogP contribution < -0.4 is 19.8 Å². The van der Waals surface area contributed by atoms with Gasteiger partial charge in [0.1, 0.15) is 17.2 Å². The van der Waals surface area contributed by atoms with Crippen LogP contribution >= 0.6 is 22.7 Å². The van der Waals surface area contributed by atoms with E-state index in [-0.39, 0.29) is 24.7 Å². The van der Waals surface area contributed by atoms with Crippen LogP contribution in [-0.2, 0) is 19.1 Å². The van der Waals surface area contributed by atoms with Crippen LogP contribution in [0.3, 0.4) is 0 Å². The molecule has 0 N–H and O–H groups in total. The van der Waals surface area contributed by atoms with E-state index < -0.39 is 12.0 Å². The lowest BCUT2D eigenvalue weighted by Gasteiger charge is -2.23. The maximum absolute atomic E-state index is 13.8. The van der Waals surface area contributed by atoms with Crippen molar-refractivity contribution in [3.05, 3.63) is 83.2 Å². The molecule has 0 radical (unpaired) electrons. The first-order chi connectivity index (χ1) is 16.4. The quantitative estimate of drug-likeness (QED) is 0.398. The van der Waals surface area contributed by atoms with Gasteiger partial charge in [-0.1, -0.05) is 35.6 Å². The summed E-state index contributed by atoms with van der Waals surface area (Å²) in [5.74, 6) is -0.786. The third kappa shape index (κ3) is 3.46. The van der Waals surface area contributed by atoms with Gasteiger partial charge in [0.2, 0.25) is 0 Å². The van der Waals surface area contributed by atoms with Crippen molar-refractivity contribution >= 4 is 45.8 Å². The van der Waals surface area contributed by atoms with Crippen LogP contribution in [-0.4, -0.2) is 43.8 Å². The number of carbonyl (C=O) groups is 2. The van der Waals surface area contributed by atoms with Crippen LogP contribution in [0.5, 0.6) is 0 Å².